The lowest BCUT2D eigenvalue weighted by Crippen LogP contribution is -2.05. The number of halogens is 1. The first-order chi connectivity index (χ1) is 6.72. The van der Waals surface area contributed by atoms with Crippen LogP contribution in [0.2, 0.25) is 0 Å². The Morgan fingerprint density at radius 2 is 2.36 bits per heavy atom. The highest BCUT2D eigenvalue weighted by Gasteiger charge is 2.19. The molecule has 0 radical (unpaired) electrons. The van der Waals surface area contributed by atoms with Crippen LogP contribution in [-0.4, -0.2) is 0 Å². The fourth-order valence-electron chi connectivity index (χ4n) is 1.92. The van der Waals surface area contributed by atoms with E-state index in [1.807, 2.05) is 0 Å². The van der Waals surface area contributed by atoms with Crippen molar-refractivity contribution in [3.05, 3.63) is 34.9 Å². The van der Waals surface area contributed by atoms with Crippen LogP contribution in [0.4, 0.5) is 0 Å². The Labute approximate surface area is 92.8 Å². The van der Waals surface area contributed by atoms with Crippen molar-refractivity contribution >= 4 is 15.9 Å². The van der Waals surface area contributed by atoms with Crippen LogP contribution in [0.5, 0.6) is 0 Å². The maximum atomic E-state index is 5.95. The first-order valence-corrected chi connectivity index (χ1v) is 5.62. The smallest absolute Gasteiger partial charge is 0.100 e. The normalized spacial score (nSPS) is 21.4. The van der Waals surface area contributed by atoms with Crippen molar-refractivity contribution < 1.29 is 0 Å². The van der Waals surface area contributed by atoms with Gasteiger partial charge in [0, 0.05) is 6.04 Å². The van der Waals surface area contributed by atoms with Gasteiger partial charge in [-0.05, 0) is 29.5 Å². The summed E-state index contributed by atoms with van der Waals surface area (Å²) in [5.74, 6) is 2.67. The summed E-state index contributed by atoms with van der Waals surface area (Å²) in [5, 5.41) is 0. The van der Waals surface area contributed by atoms with E-state index in [4.69, 9.17) is 12.2 Å². The SMILES string of the molecule is C#CC(Br)c1ccc2c(c1)CCC2N. The lowest BCUT2D eigenvalue weighted by molar-refractivity contribution is 0.713. The van der Waals surface area contributed by atoms with Gasteiger partial charge in [0.15, 0.2) is 0 Å². The van der Waals surface area contributed by atoms with Crippen LogP contribution in [0, 0.1) is 12.3 Å². The second-order valence-corrected chi connectivity index (χ2v) is 4.55. The minimum absolute atomic E-state index is 0.0182. The molecule has 0 amide bonds. The van der Waals surface area contributed by atoms with Crippen LogP contribution >= 0.6 is 15.9 Å². The topological polar surface area (TPSA) is 26.0 Å². The van der Waals surface area contributed by atoms with E-state index in [1.54, 1.807) is 0 Å². The average molecular weight is 250 g/mol. The zero-order chi connectivity index (χ0) is 10.1. The largest absolute Gasteiger partial charge is 0.324 e. The lowest BCUT2D eigenvalue weighted by Gasteiger charge is -2.08. The number of terminal acetylenes is 1. The fourth-order valence-corrected chi connectivity index (χ4v) is 2.21. The number of rotatable bonds is 1. The molecule has 2 heteroatoms. The highest BCUT2D eigenvalue weighted by molar-refractivity contribution is 9.09. The summed E-state index contributed by atoms with van der Waals surface area (Å²) in [6.45, 7) is 0. The summed E-state index contributed by atoms with van der Waals surface area (Å²) in [6, 6.07) is 6.55. The molecule has 0 fully saturated rings. The van der Waals surface area contributed by atoms with E-state index >= 15 is 0 Å². The standard InChI is InChI=1S/C12H12BrN/c1-2-11(13)9-3-5-10-8(7-9)4-6-12(10)14/h1,3,5,7,11-12H,4,6,14H2. The summed E-state index contributed by atoms with van der Waals surface area (Å²) in [7, 11) is 0. The fraction of sp³-hybridized carbons (Fsp3) is 0.333. The molecule has 1 nitrogen and oxygen atoms in total. The molecule has 0 spiro atoms. The van der Waals surface area contributed by atoms with Crippen LogP contribution in [-0.2, 0) is 6.42 Å². The number of aryl methyl sites for hydroxylation is 1. The maximum Gasteiger partial charge on any atom is 0.100 e. The number of fused-ring (bicyclic) bond motifs is 1. The number of alkyl halides is 1. The third-order valence-electron chi connectivity index (χ3n) is 2.73. The van der Waals surface area contributed by atoms with E-state index in [0.717, 1.165) is 18.4 Å². The first-order valence-electron chi connectivity index (χ1n) is 4.71. The van der Waals surface area contributed by atoms with Crippen molar-refractivity contribution in [1.29, 1.82) is 0 Å². The molecule has 2 atom stereocenters. The Kier molecular flexibility index (Phi) is 2.62. The molecule has 14 heavy (non-hydrogen) atoms. The van der Waals surface area contributed by atoms with E-state index in [9.17, 15) is 0 Å². The van der Waals surface area contributed by atoms with Gasteiger partial charge in [0.2, 0.25) is 0 Å². The zero-order valence-electron chi connectivity index (χ0n) is 7.83. The Balaban J connectivity index is 2.38. The van der Waals surface area contributed by atoms with E-state index in [1.165, 1.54) is 11.1 Å². The summed E-state index contributed by atoms with van der Waals surface area (Å²) < 4.78 is 0. The zero-order valence-corrected chi connectivity index (χ0v) is 9.42. The monoisotopic (exact) mass is 249 g/mol. The molecule has 0 aliphatic heterocycles. The molecule has 1 aromatic carbocycles. The molecule has 2 unspecified atom stereocenters. The van der Waals surface area contributed by atoms with Crippen molar-refractivity contribution in [3.63, 3.8) is 0 Å². The van der Waals surface area contributed by atoms with Gasteiger partial charge in [0.05, 0.1) is 0 Å². The van der Waals surface area contributed by atoms with Gasteiger partial charge < -0.3 is 5.73 Å². The molecule has 0 heterocycles. The van der Waals surface area contributed by atoms with Crippen molar-refractivity contribution in [2.75, 3.05) is 0 Å². The van der Waals surface area contributed by atoms with Gasteiger partial charge in [-0.15, -0.1) is 6.42 Å². The van der Waals surface area contributed by atoms with E-state index in [-0.39, 0.29) is 10.9 Å². The van der Waals surface area contributed by atoms with Crippen LogP contribution in [0.3, 0.4) is 0 Å². The van der Waals surface area contributed by atoms with E-state index in [2.05, 4.69) is 40.0 Å². The molecule has 0 aromatic heterocycles. The molecular formula is C12H12BrN. The third kappa shape index (κ3) is 1.58. The summed E-state index contributed by atoms with van der Waals surface area (Å²) >= 11 is 3.44. The van der Waals surface area contributed by atoms with Gasteiger partial charge in [-0.1, -0.05) is 40.0 Å². The lowest BCUT2D eigenvalue weighted by atomic mass is 10.0. The predicted octanol–water partition coefficient (Wildman–Crippen LogP) is 2.70. The first kappa shape index (κ1) is 9.76. The van der Waals surface area contributed by atoms with Crippen molar-refractivity contribution in [2.45, 2.75) is 23.7 Å². The molecule has 2 N–H and O–H groups in total. The molecule has 1 aromatic rings. The van der Waals surface area contributed by atoms with Gasteiger partial charge in [0.1, 0.15) is 4.83 Å². The Morgan fingerprint density at radius 1 is 1.57 bits per heavy atom. The molecule has 2 rings (SSSR count). The van der Waals surface area contributed by atoms with Gasteiger partial charge in [-0.3, -0.25) is 0 Å². The molecular weight excluding hydrogens is 238 g/mol. The van der Waals surface area contributed by atoms with Crippen molar-refractivity contribution in [2.24, 2.45) is 5.73 Å². The molecule has 0 bridgehead atoms. The van der Waals surface area contributed by atoms with E-state index < -0.39 is 0 Å². The number of hydrogen-bond donors (Lipinski definition) is 1. The van der Waals surface area contributed by atoms with Gasteiger partial charge >= 0.3 is 0 Å². The number of hydrogen-bond acceptors (Lipinski definition) is 1. The van der Waals surface area contributed by atoms with Crippen LogP contribution in [0.25, 0.3) is 0 Å². The minimum Gasteiger partial charge on any atom is -0.324 e. The van der Waals surface area contributed by atoms with Crippen LogP contribution in [0.15, 0.2) is 18.2 Å². The number of benzene rings is 1. The van der Waals surface area contributed by atoms with Gasteiger partial charge in [-0.25, -0.2) is 0 Å². The second kappa shape index (κ2) is 3.76. The quantitative estimate of drug-likeness (QED) is 0.601. The van der Waals surface area contributed by atoms with Gasteiger partial charge in [-0.2, -0.15) is 0 Å². The molecule has 0 saturated heterocycles. The summed E-state index contributed by atoms with van der Waals surface area (Å²) in [5.41, 5.74) is 9.75. The third-order valence-corrected chi connectivity index (χ3v) is 3.52. The molecule has 72 valence electrons. The molecule has 0 saturated carbocycles. The Hall–Kier alpha value is -0.780. The Bertz CT molecular complexity index is 392. The van der Waals surface area contributed by atoms with Crippen molar-refractivity contribution in [3.8, 4) is 12.3 Å². The average Bonchev–Trinajstić information content (AvgIpc) is 2.59. The molecule has 1 aliphatic carbocycles. The Morgan fingerprint density at radius 3 is 3.07 bits per heavy atom. The van der Waals surface area contributed by atoms with Gasteiger partial charge in [0.25, 0.3) is 0 Å². The summed E-state index contributed by atoms with van der Waals surface area (Å²) in [6.07, 6.45) is 7.49. The number of nitrogens with two attached hydrogens (primary N) is 1. The minimum atomic E-state index is 0.0182. The highest BCUT2D eigenvalue weighted by atomic mass is 79.9. The van der Waals surface area contributed by atoms with E-state index in [0.29, 0.717) is 0 Å². The van der Waals surface area contributed by atoms with Crippen LogP contribution in [0.1, 0.15) is 34.0 Å². The van der Waals surface area contributed by atoms with Crippen molar-refractivity contribution in [1.82, 2.24) is 0 Å². The van der Waals surface area contributed by atoms with Crippen LogP contribution < -0.4 is 5.73 Å². The molecule has 1 aliphatic rings. The predicted molar refractivity (Wildman–Crippen MR) is 62.2 cm³/mol. The maximum absolute atomic E-state index is 5.95. The second-order valence-electron chi connectivity index (χ2n) is 3.63. The highest BCUT2D eigenvalue weighted by Crippen LogP contribution is 2.32. The summed E-state index contributed by atoms with van der Waals surface area (Å²) in [4.78, 5) is 0.0182.